The van der Waals surface area contributed by atoms with Gasteiger partial charge in [-0.1, -0.05) is 18.5 Å². The van der Waals surface area contributed by atoms with Gasteiger partial charge in [0.2, 0.25) is 11.8 Å². The molecule has 5 nitrogen and oxygen atoms in total. The van der Waals surface area contributed by atoms with Gasteiger partial charge >= 0.3 is 0 Å². The molecule has 1 aromatic rings. The van der Waals surface area contributed by atoms with Gasteiger partial charge in [0.1, 0.15) is 0 Å². The van der Waals surface area contributed by atoms with E-state index in [1.54, 1.807) is 32.0 Å². The number of nitrogens with one attached hydrogen (secondary N) is 2. The van der Waals surface area contributed by atoms with Crippen LogP contribution in [0.1, 0.15) is 20.8 Å². The van der Waals surface area contributed by atoms with Gasteiger partial charge in [-0.2, -0.15) is 0 Å². The lowest BCUT2D eigenvalue weighted by atomic mass is 10.0. The molecule has 0 aromatic heterocycles. The number of nitrogens with two attached hydrogens (primary N) is 1. The average molecular weight is 320 g/mol. The third-order valence-corrected chi connectivity index (χ3v) is 3.06. The van der Waals surface area contributed by atoms with Crippen LogP contribution in [0.3, 0.4) is 0 Å². The molecule has 0 aliphatic heterocycles. The highest BCUT2D eigenvalue weighted by Crippen LogP contribution is 2.25. The molecule has 7 heteroatoms. The normalized spacial score (nSPS) is 12.8. The smallest absolute Gasteiger partial charge is 0.228 e. The Labute approximate surface area is 129 Å². The molecule has 0 saturated heterocycles. The predicted octanol–water partition coefficient (Wildman–Crippen LogP) is 2.64. The predicted molar refractivity (Wildman–Crippen MR) is 84.4 cm³/mol. The molecule has 1 aromatic carbocycles. The molecule has 0 heterocycles. The maximum Gasteiger partial charge on any atom is 0.228 e. The van der Waals surface area contributed by atoms with Crippen LogP contribution in [0.5, 0.6) is 0 Å². The number of carbonyl (C=O) groups excluding carboxylic acids is 2. The molecule has 0 bridgehead atoms. The zero-order chi connectivity index (χ0) is 14.6. The summed E-state index contributed by atoms with van der Waals surface area (Å²) in [7, 11) is 0. The summed E-state index contributed by atoms with van der Waals surface area (Å²) >= 11 is 6.01. The summed E-state index contributed by atoms with van der Waals surface area (Å²) < 4.78 is 0. The van der Waals surface area contributed by atoms with E-state index < -0.39 is 0 Å². The fourth-order valence-electron chi connectivity index (χ4n) is 1.38. The average Bonchev–Trinajstić information content (AvgIpc) is 2.31. The van der Waals surface area contributed by atoms with Crippen LogP contribution >= 0.6 is 24.0 Å². The van der Waals surface area contributed by atoms with Crippen molar-refractivity contribution in [2.45, 2.75) is 26.8 Å². The van der Waals surface area contributed by atoms with E-state index in [2.05, 4.69) is 10.6 Å². The molecule has 2 unspecified atom stereocenters. The Balaban J connectivity index is 0.00000361. The molecular formula is C13H19Cl2N3O2. The van der Waals surface area contributed by atoms with E-state index in [-0.39, 0.29) is 36.2 Å². The first-order valence-electron chi connectivity index (χ1n) is 5.95. The number of rotatable bonds is 4. The van der Waals surface area contributed by atoms with Crippen LogP contribution in [0.4, 0.5) is 11.4 Å². The van der Waals surface area contributed by atoms with E-state index in [1.165, 1.54) is 6.92 Å². The Morgan fingerprint density at radius 3 is 2.30 bits per heavy atom. The Kier molecular flexibility index (Phi) is 7.57. The minimum absolute atomic E-state index is 0. The van der Waals surface area contributed by atoms with Crippen molar-refractivity contribution in [3.8, 4) is 0 Å². The number of halogens is 2. The molecule has 0 spiro atoms. The Morgan fingerprint density at radius 2 is 1.85 bits per heavy atom. The third-order valence-electron chi connectivity index (χ3n) is 2.75. The second-order valence-corrected chi connectivity index (χ2v) is 4.92. The molecule has 2 atom stereocenters. The van der Waals surface area contributed by atoms with Crippen LogP contribution in [-0.2, 0) is 9.59 Å². The highest BCUT2D eigenvalue weighted by atomic mass is 35.5. The molecule has 0 fully saturated rings. The van der Waals surface area contributed by atoms with Crippen LogP contribution in [-0.4, -0.2) is 17.9 Å². The topological polar surface area (TPSA) is 84.2 Å². The first-order valence-corrected chi connectivity index (χ1v) is 6.32. The summed E-state index contributed by atoms with van der Waals surface area (Å²) in [6, 6.07) is 4.66. The van der Waals surface area contributed by atoms with Gasteiger partial charge in [-0.25, -0.2) is 0 Å². The molecule has 1 rings (SSSR count). The molecule has 0 saturated carbocycles. The van der Waals surface area contributed by atoms with E-state index in [0.717, 1.165) is 0 Å². The maximum atomic E-state index is 11.8. The SMILES string of the molecule is CC(=O)Nc1ccc(NC(=O)C(C)C(C)N)cc1Cl.Cl. The number of hydrogen-bond donors (Lipinski definition) is 3. The quantitative estimate of drug-likeness (QED) is 0.797. The van der Waals surface area contributed by atoms with E-state index in [4.69, 9.17) is 17.3 Å². The molecule has 4 N–H and O–H groups in total. The van der Waals surface area contributed by atoms with Gasteiger partial charge in [-0.05, 0) is 25.1 Å². The van der Waals surface area contributed by atoms with E-state index in [9.17, 15) is 9.59 Å². The minimum Gasteiger partial charge on any atom is -0.327 e. The van der Waals surface area contributed by atoms with Gasteiger partial charge in [0.05, 0.1) is 16.6 Å². The second-order valence-electron chi connectivity index (χ2n) is 4.51. The van der Waals surface area contributed by atoms with Gasteiger partial charge in [-0.3, -0.25) is 9.59 Å². The molecule has 0 aliphatic carbocycles. The van der Waals surface area contributed by atoms with Crippen molar-refractivity contribution in [1.29, 1.82) is 0 Å². The third kappa shape index (κ3) is 5.36. The second kappa shape index (κ2) is 8.09. The number of anilines is 2. The van der Waals surface area contributed by atoms with Crippen molar-refractivity contribution in [2.24, 2.45) is 11.7 Å². The van der Waals surface area contributed by atoms with Crippen molar-refractivity contribution >= 4 is 47.2 Å². The highest BCUT2D eigenvalue weighted by Gasteiger charge is 2.17. The van der Waals surface area contributed by atoms with Crippen molar-refractivity contribution in [2.75, 3.05) is 10.6 Å². The molecule has 0 aliphatic rings. The lowest BCUT2D eigenvalue weighted by Crippen LogP contribution is -2.34. The van der Waals surface area contributed by atoms with Crippen molar-refractivity contribution in [3.05, 3.63) is 23.2 Å². The maximum absolute atomic E-state index is 11.8. The van der Waals surface area contributed by atoms with Crippen LogP contribution in [0.2, 0.25) is 5.02 Å². The van der Waals surface area contributed by atoms with Gasteiger partial charge in [0, 0.05) is 18.7 Å². The standard InChI is InChI=1S/C13H18ClN3O2.ClH/c1-7(8(2)15)13(19)17-10-4-5-12(11(14)6-10)16-9(3)18;/h4-8H,15H2,1-3H3,(H,16,18)(H,17,19);1H. The Hall–Kier alpha value is -1.30. The summed E-state index contributed by atoms with van der Waals surface area (Å²) in [6.45, 7) is 4.93. The Bertz CT molecular complexity index is 493. The van der Waals surface area contributed by atoms with Gasteiger partial charge < -0.3 is 16.4 Å². The van der Waals surface area contributed by atoms with Crippen LogP contribution < -0.4 is 16.4 Å². The van der Waals surface area contributed by atoms with E-state index in [0.29, 0.717) is 16.4 Å². The van der Waals surface area contributed by atoms with Gasteiger partial charge in [0.15, 0.2) is 0 Å². The van der Waals surface area contributed by atoms with Crippen LogP contribution in [0.15, 0.2) is 18.2 Å². The van der Waals surface area contributed by atoms with Gasteiger partial charge in [-0.15, -0.1) is 12.4 Å². The first kappa shape index (κ1) is 18.7. The van der Waals surface area contributed by atoms with E-state index in [1.807, 2.05) is 0 Å². The molecule has 112 valence electrons. The molecular weight excluding hydrogens is 301 g/mol. The molecule has 20 heavy (non-hydrogen) atoms. The lowest BCUT2D eigenvalue weighted by Gasteiger charge is -2.16. The summed E-state index contributed by atoms with van der Waals surface area (Å²) in [4.78, 5) is 22.8. The lowest BCUT2D eigenvalue weighted by molar-refractivity contribution is -0.119. The zero-order valence-corrected chi connectivity index (χ0v) is 13.1. The van der Waals surface area contributed by atoms with Crippen molar-refractivity contribution in [3.63, 3.8) is 0 Å². The number of benzene rings is 1. The zero-order valence-electron chi connectivity index (χ0n) is 11.6. The largest absolute Gasteiger partial charge is 0.327 e. The van der Waals surface area contributed by atoms with Crippen molar-refractivity contribution in [1.82, 2.24) is 0 Å². The molecule has 2 amide bonds. The molecule has 0 radical (unpaired) electrons. The van der Waals surface area contributed by atoms with E-state index >= 15 is 0 Å². The minimum atomic E-state index is -0.297. The summed E-state index contributed by atoms with van der Waals surface area (Å²) in [5.74, 6) is -0.670. The van der Waals surface area contributed by atoms with Gasteiger partial charge in [0.25, 0.3) is 0 Å². The highest BCUT2D eigenvalue weighted by molar-refractivity contribution is 6.34. The monoisotopic (exact) mass is 319 g/mol. The number of carbonyl (C=O) groups is 2. The fraction of sp³-hybridized carbons (Fsp3) is 0.385. The number of hydrogen-bond acceptors (Lipinski definition) is 3. The number of amides is 2. The van der Waals surface area contributed by atoms with Crippen LogP contribution in [0.25, 0.3) is 0 Å². The summed E-state index contributed by atoms with van der Waals surface area (Å²) in [6.07, 6.45) is 0. The fourth-order valence-corrected chi connectivity index (χ4v) is 1.61. The Morgan fingerprint density at radius 1 is 1.25 bits per heavy atom. The summed E-state index contributed by atoms with van der Waals surface area (Å²) in [5, 5.41) is 5.68. The first-order chi connectivity index (χ1) is 8.81. The van der Waals surface area contributed by atoms with Crippen LogP contribution in [0, 0.1) is 5.92 Å². The summed E-state index contributed by atoms with van der Waals surface area (Å²) in [5.41, 5.74) is 6.74. The van der Waals surface area contributed by atoms with Crippen molar-refractivity contribution < 1.29 is 9.59 Å².